The van der Waals surface area contributed by atoms with E-state index in [4.69, 9.17) is 9.47 Å². The molecular formula is C23H23N3O4. The molecule has 0 bridgehead atoms. The lowest BCUT2D eigenvalue weighted by Gasteiger charge is -2.10. The van der Waals surface area contributed by atoms with Gasteiger partial charge in [-0.25, -0.2) is 9.78 Å². The Bertz CT molecular complexity index is 1140. The number of nitrogens with zero attached hydrogens (tertiary/aromatic N) is 3. The summed E-state index contributed by atoms with van der Waals surface area (Å²) in [6.07, 6.45) is 0. The van der Waals surface area contributed by atoms with E-state index in [1.165, 1.54) is 0 Å². The number of carbonyl (C=O) groups excluding carboxylic acids is 1. The van der Waals surface area contributed by atoms with Crippen molar-refractivity contribution >= 4 is 22.6 Å². The third kappa shape index (κ3) is 4.61. The highest BCUT2D eigenvalue weighted by molar-refractivity contribution is 5.90. The Morgan fingerprint density at radius 1 is 1.23 bits per heavy atom. The van der Waals surface area contributed by atoms with Crippen molar-refractivity contribution in [2.75, 3.05) is 13.2 Å². The molecule has 1 aromatic heterocycles. The van der Waals surface area contributed by atoms with Gasteiger partial charge in [0.2, 0.25) is 0 Å². The van der Waals surface area contributed by atoms with Gasteiger partial charge in [0, 0.05) is 7.05 Å². The van der Waals surface area contributed by atoms with Crippen molar-refractivity contribution in [3.63, 3.8) is 0 Å². The first-order chi connectivity index (χ1) is 14.4. The zero-order valence-corrected chi connectivity index (χ0v) is 17.1. The molecule has 0 fully saturated rings. The Kier molecular flexibility index (Phi) is 6.38. The van der Waals surface area contributed by atoms with Crippen LogP contribution in [-0.4, -0.2) is 33.8 Å². The van der Waals surface area contributed by atoms with Crippen LogP contribution in [0.15, 0.2) is 54.3 Å². The van der Waals surface area contributed by atoms with Crippen LogP contribution in [0.25, 0.3) is 16.6 Å². The monoisotopic (exact) mass is 405 g/mol. The molecule has 1 N–H and O–H groups in total. The second kappa shape index (κ2) is 9.14. The maximum absolute atomic E-state index is 12.4. The van der Waals surface area contributed by atoms with Gasteiger partial charge in [-0.15, -0.1) is 0 Å². The molecule has 7 heteroatoms. The van der Waals surface area contributed by atoms with E-state index in [1.807, 2.05) is 44.2 Å². The highest BCUT2D eigenvalue weighted by Gasteiger charge is 2.18. The van der Waals surface area contributed by atoms with Gasteiger partial charge in [0.05, 0.1) is 23.2 Å². The van der Waals surface area contributed by atoms with Crippen molar-refractivity contribution in [3.8, 4) is 11.8 Å². The Labute approximate surface area is 174 Å². The van der Waals surface area contributed by atoms with E-state index < -0.39 is 12.6 Å². The number of fused-ring (bicyclic) bond motifs is 1. The van der Waals surface area contributed by atoms with Crippen LogP contribution in [0.5, 0.6) is 5.75 Å². The molecule has 3 aromatic rings. The number of benzene rings is 2. The minimum atomic E-state index is -0.626. The Morgan fingerprint density at radius 2 is 2.00 bits per heavy atom. The number of aliphatic hydroxyl groups excluding tert-OH is 1. The zero-order valence-electron chi connectivity index (χ0n) is 17.1. The Hall–Kier alpha value is -3.79. The van der Waals surface area contributed by atoms with Gasteiger partial charge in [-0.05, 0) is 36.2 Å². The average molecular weight is 405 g/mol. The number of nitriles is 1. The Balaban J connectivity index is 1.76. The number of aliphatic hydroxyl groups is 1. The number of allylic oxidation sites excluding steroid dienone is 1. The first-order valence-corrected chi connectivity index (χ1v) is 9.54. The van der Waals surface area contributed by atoms with Crippen LogP contribution in [-0.2, 0) is 11.8 Å². The number of esters is 1. The van der Waals surface area contributed by atoms with Gasteiger partial charge in [-0.1, -0.05) is 32.0 Å². The predicted molar refractivity (Wildman–Crippen MR) is 113 cm³/mol. The van der Waals surface area contributed by atoms with Gasteiger partial charge in [-0.3, -0.25) is 0 Å². The molecule has 3 rings (SSSR count). The first-order valence-electron chi connectivity index (χ1n) is 9.54. The molecule has 154 valence electrons. The lowest BCUT2D eigenvalue weighted by atomic mass is 10.2. The number of hydrogen-bond donors (Lipinski definition) is 1. The molecule has 7 nitrogen and oxygen atoms in total. The molecule has 0 aliphatic heterocycles. The van der Waals surface area contributed by atoms with E-state index in [0.29, 0.717) is 35.2 Å². The van der Waals surface area contributed by atoms with E-state index in [1.54, 1.807) is 35.9 Å². The SMILES string of the molecule is CC(C)COc1cccc(C(=O)OC/C(O)=C(\C#N)c2nc3ccccc3n2C)c1. The lowest BCUT2D eigenvalue weighted by Crippen LogP contribution is -2.10. The summed E-state index contributed by atoms with van der Waals surface area (Å²) in [5, 5.41) is 20.0. The fourth-order valence-corrected chi connectivity index (χ4v) is 2.88. The van der Waals surface area contributed by atoms with Crippen molar-refractivity contribution in [2.45, 2.75) is 13.8 Å². The Morgan fingerprint density at radius 3 is 2.70 bits per heavy atom. The number of aryl methyl sites for hydroxylation is 1. The van der Waals surface area contributed by atoms with E-state index >= 15 is 0 Å². The van der Waals surface area contributed by atoms with Gasteiger partial charge in [0.1, 0.15) is 24.0 Å². The van der Waals surface area contributed by atoms with Gasteiger partial charge < -0.3 is 19.1 Å². The van der Waals surface area contributed by atoms with Crippen molar-refractivity contribution in [2.24, 2.45) is 13.0 Å². The standard InChI is InChI=1S/C23H23N3O4/c1-15(2)13-29-17-8-6-7-16(11-17)23(28)30-14-21(27)18(12-24)22-25-19-9-4-5-10-20(19)26(22)3/h4-11,15,27H,13-14H2,1-3H3/b21-18-. The molecule has 0 saturated carbocycles. The quantitative estimate of drug-likeness (QED) is 0.358. The third-order valence-electron chi connectivity index (χ3n) is 4.40. The number of para-hydroxylation sites is 2. The average Bonchev–Trinajstić information content (AvgIpc) is 3.08. The van der Waals surface area contributed by atoms with Crippen LogP contribution in [0.1, 0.15) is 30.0 Å². The topological polar surface area (TPSA) is 97.4 Å². The van der Waals surface area contributed by atoms with Crippen LogP contribution in [0.3, 0.4) is 0 Å². The minimum absolute atomic E-state index is 0.0458. The smallest absolute Gasteiger partial charge is 0.338 e. The van der Waals surface area contributed by atoms with Crippen LogP contribution in [0.2, 0.25) is 0 Å². The van der Waals surface area contributed by atoms with Gasteiger partial charge in [0.25, 0.3) is 0 Å². The first kappa shape index (κ1) is 20.9. The van der Waals surface area contributed by atoms with E-state index in [2.05, 4.69) is 4.98 Å². The molecular weight excluding hydrogens is 382 g/mol. The van der Waals surface area contributed by atoms with Crippen LogP contribution < -0.4 is 4.74 Å². The van der Waals surface area contributed by atoms with Crippen LogP contribution in [0.4, 0.5) is 0 Å². The number of aromatic nitrogens is 2. The summed E-state index contributed by atoms with van der Waals surface area (Å²) in [5.74, 6) is 0.233. The molecule has 0 amide bonds. The molecule has 0 saturated heterocycles. The van der Waals surface area contributed by atoms with E-state index in [0.717, 1.165) is 5.52 Å². The number of rotatable bonds is 7. The summed E-state index contributed by atoms with van der Waals surface area (Å²) in [4.78, 5) is 16.8. The third-order valence-corrected chi connectivity index (χ3v) is 4.40. The van der Waals surface area contributed by atoms with Gasteiger partial charge in [0.15, 0.2) is 11.6 Å². The molecule has 30 heavy (non-hydrogen) atoms. The van der Waals surface area contributed by atoms with Crippen molar-refractivity contribution in [1.29, 1.82) is 5.26 Å². The number of hydrogen-bond acceptors (Lipinski definition) is 6. The summed E-state index contributed by atoms with van der Waals surface area (Å²) < 4.78 is 12.5. The summed E-state index contributed by atoms with van der Waals surface area (Å²) in [6, 6.07) is 16.0. The fourth-order valence-electron chi connectivity index (χ4n) is 2.88. The maximum Gasteiger partial charge on any atom is 0.338 e. The van der Waals surface area contributed by atoms with Crippen molar-refractivity contribution in [1.82, 2.24) is 9.55 Å². The molecule has 0 spiro atoms. The molecule has 0 radical (unpaired) electrons. The van der Waals surface area contributed by atoms with Crippen molar-refractivity contribution in [3.05, 3.63) is 65.7 Å². The fraction of sp³-hybridized carbons (Fsp3) is 0.261. The highest BCUT2D eigenvalue weighted by atomic mass is 16.5. The predicted octanol–water partition coefficient (Wildman–Crippen LogP) is 4.26. The molecule has 2 aromatic carbocycles. The second-order valence-corrected chi connectivity index (χ2v) is 7.23. The summed E-state index contributed by atoms with van der Waals surface area (Å²) in [6.45, 7) is 4.16. The highest BCUT2D eigenvalue weighted by Crippen LogP contribution is 2.22. The van der Waals surface area contributed by atoms with E-state index in [-0.39, 0.29) is 11.3 Å². The molecule has 0 aliphatic carbocycles. The molecule has 0 aliphatic rings. The van der Waals surface area contributed by atoms with E-state index in [9.17, 15) is 15.2 Å². The normalized spacial score (nSPS) is 11.8. The summed E-state index contributed by atoms with van der Waals surface area (Å²) >= 11 is 0. The minimum Gasteiger partial charge on any atom is -0.507 e. The maximum atomic E-state index is 12.4. The lowest BCUT2D eigenvalue weighted by molar-refractivity contribution is 0.0502. The summed E-state index contributed by atoms with van der Waals surface area (Å²) in [5.41, 5.74) is 1.77. The number of imidazole rings is 1. The molecule has 0 atom stereocenters. The van der Waals surface area contributed by atoms with Crippen LogP contribution >= 0.6 is 0 Å². The largest absolute Gasteiger partial charge is 0.507 e. The molecule has 0 unspecified atom stereocenters. The second-order valence-electron chi connectivity index (χ2n) is 7.23. The zero-order chi connectivity index (χ0) is 21.7. The summed E-state index contributed by atoms with van der Waals surface area (Å²) in [7, 11) is 1.75. The van der Waals surface area contributed by atoms with Crippen LogP contribution in [0, 0.1) is 17.2 Å². The number of ether oxygens (including phenoxy) is 2. The van der Waals surface area contributed by atoms with Gasteiger partial charge >= 0.3 is 5.97 Å². The van der Waals surface area contributed by atoms with Crippen molar-refractivity contribution < 1.29 is 19.4 Å². The van der Waals surface area contributed by atoms with Gasteiger partial charge in [-0.2, -0.15) is 5.26 Å². The molecule has 1 heterocycles. The number of carbonyl (C=O) groups is 1.